The molecule has 2 N–H and O–H groups in total. The highest BCUT2D eigenvalue weighted by molar-refractivity contribution is 5.79. The van der Waals surface area contributed by atoms with Crippen LogP contribution in [0.4, 0.5) is 19.1 Å². The molecular formula is C24H23F3N4O. The molecule has 4 rings (SSSR count). The van der Waals surface area contributed by atoms with Gasteiger partial charge in [0.2, 0.25) is 11.9 Å². The molecule has 0 bridgehead atoms. The summed E-state index contributed by atoms with van der Waals surface area (Å²) in [6.45, 7) is 1.15. The predicted octanol–water partition coefficient (Wildman–Crippen LogP) is 4.69. The number of amides is 1. The van der Waals surface area contributed by atoms with Crippen molar-refractivity contribution in [2.24, 2.45) is 0 Å². The number of carbonyl (C=O) groups is 1. The molecule has 32 heavy (non-hydrogen) atoms. The number of carbonyl (C=O) groups excluding carboxylic acids is 1. The number of rotatable bonds is 4. The van der Waals surface area contributed by atoms with Crippen LogP contribution in [0, 0.1) is 0 Å². The van der Waals surface area contributed by atoms with Crippen LogP contribution in [0.25, 0.3) is 11.1 Å². The Bertz CT molecular complexity index is 1080. The number of nitrogens with zero attached hydrogens (tertiary/aromatic N) is 3. The van der Waals surface area contributed by atoms with Gasteiger partial charge in [0.1, 0.15) is 0 Å². The maximum absolute atomic E-state index is 12.9. The highest BCUT2D eigenvalue weighted by atomic mass is 19.4. The second-order valence-electron chi connectivity index (χ2n) is 7.94. The van der Waals surface area contributed by atoms with Gasteiger partial charge in [-0.15, -0.1) is 0 Å². The quantitative estimate of drug-likeness (QED) is 0.639. The van der Waals surface area contributed by atoms with E-state index in [1.54, 1.807) is 6.20 Å². The Kier molecular flexibility index (Phi) is 6.12. The molecule has 0 saturated carbocycles. The Morgan fingerprint density at radius 2 is 1.81 bits per heavy atom. The van der Waals surface area contributed by atoms with E-state index in [1.165, 1.54) is 12.1 Å². The number of hydrogen-bond acceptors (Lipinski definition) is 4. The number of alkyl halides is 3. The van der Waals surface area contributed by atoms with Gasteiger partial charge in [0.05, 0.1) is 17.7 Å². The normalized spacial score (nSPS) is 16.7. The predicted molar refractivity (Wildman–Crippen MR) is 116 cm³/mol. The highest BCUT2D eigenvalue weighted by Gasteiger charge is 2.31. The minimum Gasteiger partial charge on any atom is -0.368 e. The molecule has 1 unspecified atom stereocenters. The lowest BCUT2D eigenvalue weighted by Gasteiger charge is -2.33. The summed E-state index contributed by atoms with van der Waals surface area (Å²) in [5.74, 6) is 0.0634. The summed E-state index contributed by atoms with van der Waals surface area (Å²) in [5, 5.41) is 0. The Hall–Kier alpha value is -3.42. The van der Waals surface area contributed by atoms with Crippen molar-refractivity contribution >= 4 is 11.9 Å². The first-order chi connectivity index (χ1) is 15.3. The largest absolute Gasteiger partial charge is 0.416 e. The zero-order valence-electron chi connectivity index (χ0n) is 17.3. The van der Waals surface area contributed by atoms with Crippen LogP contribution in [0.2, 0.25) is 0 Å². The lowest BCUT2D eigenvalue weighted by atomic mass is 9.89. The number of hydrogen-bond donors (Lipinski definition) is 1. The Balaban J connectivity index is 1.58. The molecule has 0 radical (unpaired) electrons. The van der Waals surface area contributed by atoms with E-state index in [0.717, 1.165) is 30.5 Å². The molecule has 1 fully saturated rings. The number of nitrogens with two attached hydrogens (primary N) is 1. The maximum Gasteiger partial charge on any atom is 0.416 e. The van der Waals surface area contributed by atoms with Crippen molar-refractivity contribution in [2.45, 2.75) is 31.4 Å². The number of anilines is 1. The van der Waals surface area contributed by atoms with E-state index in [1.807, 2.05) is 35.2 Å². The molecule has 1 aromatic heterocycles. The van der Waals surface area contributed by atoms with E-state index in [2.05, 4.69) is 9.97 Å². The zero-order valence-corrected chi connectivity index (χ0v) is 17.3. The van der Waals surface area contributed by atoms with Gasteiger partial charge in [-0.1, -0.05) is 42.5 Å². The minimum atomic E-state index is -4.40. The summed E-state index contributed by atoms with van der Waals surface area (Å²) in [6.07, 6.45) is -0.918. The third-order valence-electron chi connectivity index (χ3n) is 5.72. The summed E-state index contributed by atoms with van der Waals surface area (Å²) < 4.78 is 38.8. The Morgan fingerprint density at radius 1 is 1.09 bits per heavy atom. The van der Waals surface area contributed by atoms with Crippen molar-refractivity contribution in [3.8, 4) is 11.1 Å². The van der Waals surface area contributed by atoms with E-state index in [4.69, 9.17) is 5.73 Å². The number of halogens is 3. The van der Waals surface area contributed by atoms with Crippen LogP contribution >= 0.6 is 0 Å². The summed E-state index contributed by atoms with van der Waals surface area (Å²) >= 11 is 0. The molecule has 2 heterocycles. The number of likely N-dealkylation sites (tertiary alicyclic amines) is 1. The van der Waals surface area contributed by atoms with Gasteiger partial charge in [-0.2, -0.15) is 13.2 Å². The second kappa shape index (κ2) is 8.98. The van der Waals surface area contributed by atoms with Gasteiger partial charge in [-0.3, -0.25) is 4.79 Å². The fourth-order valence-electron chi connectivity index (χ4n) is 4.09. The van der Waals surface area contributed by atoms with E-state index in [0.29, 0.717) is 36.3 Å². The molecule has 3 aromatic rings. The zero-order chi connectivity index (χ0) is 22.7. The van der Waals surface area contributed by atoms with Gasteiger partial charge in [0, 0.05) is 30.8 Å². The van der Waals surface area contributed by atoms with E-state index in [9.17, 15) is 18.0 Å². The lowest BCUT2D eigenvalue weighted by molar-refractivity contribution is -0.137. The Labute approximate surface area is 184 Å². The number of aromatic nitrogens is 2. The fraction of sp³-hybridized carbons (Fsp3) is 0.292. The van der Waals surface area contributed by atoms with Crippen molar-refractivity contribution in [1.29, 1.82) is 0 Å². The van der Waals surface area contributed by atoms with Crippen molar-refractivity contribution < 1.29 is 18.0 Å². The van der Waals surface area contributed by atoms with Gasteiger partial charge in [0.15, 0.2) is 0 Å². The summed E-state index contributed by atoms with van der Waals surface area (Å²) in [6, 6.07) is 14.5. The van der Waals surface area contributed by atoms with Crippen molar-refractivity contribution in [2.75, 3.05) is 18.8 Å². The van der Waals surface area contributed by atoms with Gasteiger partial charge in [-0.05, 0) is 36.1 Å². The molecule has 0 aliphatic carbocycles. The smallest absolute Gasteiger partial charge is 0.368 e. The molecule has 5 nitrogen and oxygen atoms in total. The third-order valence-corrected chi connectivity index (χ3v) is 5.72. The van der Waals surface area contributed by atoms with Crippen LogP contribution in [0.1, 0.15) is 35.6 Å². The van der Waals surface area contributed by atoms with Gasteiger partial charge in [0.25, 0.3) is 0 Å². The van der Waals surface area contributed by atoms with Crippen molar-refractivity contribution in [1.82, 2.24) is 14.9 Å². The van der Waals surface area contributed by atoms with Crippen LogP contribution in [-0.4, -0.2) is 33.9 Å². The van der Waals surface area contributed by atoms with Crippen LogP contribution < -0.4 is 5.73 Å². The lowest BCUT2D eigenvalue weighted by Crippen LogP contribution is -2.40. The number of nitrogen functional groups attached to an aromatic ring is 1. The topological polar surface area (TPSA) is 72.1 Å². The molecule has 1 aliphatic heterocycles. The van der Waals surface area contributed by atoms with Crippen LogP contribution in [0.3, 0.4) is 0 Å². The molecule has 2 aromatic carbocycles. The molecule has 1 atom stereocenters. The minimum absolute atomic E-state index is 0.0407. The summed E-state index contributed by atoms with van der Waals surface area (Å²) in [5.41, 5.74) is 7.96. The molecule has 1 amide bonds. The first-order valence-electron chi connectivity index (χ1n) is 10.4. The van der Waals surface area contributed by atoms with E-state index < -0.39 is 11.7 Å². The SMILES string of the molecule is Nc1ncc(-c2ccc(C(F)(F)F)cc2)c(C2CCCN(C(=O)Cc3ccccc3)C2)n1. The third kappa shape index (κ3) is 4.90. The number of benzene rings is 2. The molecule has 1 aliphatic rings. The second-order valence-corrected chi connectivity index (χ2v) is 7.94. The standard InChI is InChI=1S/C24H23F3N4O/c25-24(26,27)19-10-8-17(9-11-19)20-14-29-23(28)30-22(20)18-7-4-12-31(15-18)21(32)13-16-5-2-1-3-6-16/h1-3,5-6,8-11,14,18H,4,7,12-13,15H2,(H2,28,29,30). The van der Waals surface area contributed by atoms with Crippen molar-refractivity contribution in [3.63, 3.8) is 0 Å². The first kappa shape index (κ1) is 21.8. The van der Waals surface area contributed by atoms with E-state index >= 15 is 0 Å². The van der Waals surface area contributed by atoms with Crippen LogP contribution in [0.15, 0.2) is 60.8 Å². The van der Waals surface area contributed by atoms with Gasteiger partial charge >= 0.3 is 6.18 Å². The van der Waals surface area contributed by atoms with Gasteiger partial charge in [-0.25, -0.2) is 9.97 Å². The highest BCUT2D eigenvalue weighted by Crippen LogP contribution is 2.35. The fourth-order valence-corrected chi connectivity index (χ4v) is 4.09. The summed E-state index contributed by atoms with van der Waals surface area (Å²) in [4.78, 5) is 23.2. The average Bonchev–Trinajstić information content (AvgIpc) is 2.79. The van der Waals surface area contributed by atoms with Crippen LogP contribution in [0.5, 0.6) is 0 Å². The Morgan fingerprint density at radius 3 is 2.50 bits per heavy atom. The van der Waals surface area contributed by atoms with Crippen molar-refractivity contribution in [3.05, 3.63) is 77.6 Å². The molecule has 0 spiro atoms. The number of piperidine rings is 1. The molecule has 166 valence electrons. The van der Waals surface area contributed by atoms with Gasteiger partial charge < -0.3 is 10.6 Å². The summed E-state index contributed by atoms with van der Waals surface area (Å²) in [7, 11) is 0. The molecular weight excluding hydrogens is 417 g/mol. The van der Waals surface area contributed by atoms with E-state index in [-0.39, 0.29) is 17.8 Å². The first-order valence-corrected chi connectivity index (χ1v) is 10.4. The van der Waals surface area contributed by atoms with Crippen LogP contribution in [-0.2, 0) is 17.4 Å². The monoisotopic (exact) mass is 440 g/mol. The average molecular weight is 440 g/mol. The maximum atomic E-state index is 12.9. The molecule has 1 saturated heterocycles. The molecule has 8 heteroatoms.